The molecule has 0 saturated carbocycles. The van der Waals surface area contributed by atoms with Gasteiger partial charge in [-0.3, -0.25) is 9.59 Å². The van der Waals surface area contributed by atoms with Gasteiger partial charge in [-0.15, -0.1) is 0 Å². The van der Waals surface area contributed by atoms with Crippen molar-refractivity contribution in [1.29, 1.82) is 0 Å². The Morgan fingerprint density at radius 3 is 2.56 bits per heavy atom. The molecular formula is C19H27N3O3. The number of hydrogen-bond acceptors (Lipinski definition) is 4. The summed E-state index contributed by atoms with van der Waals surface area (Å²) in [6, 6.07) is 7.50. The maximum atomic E-state index is 12.7. The maximum absolute atomic E-state index is 12.7. The van der Waals surface area contributed by atoms with Crippen molar-refractivity contribution in [3.63, 3.8) is 0 Å². The number of carbonyl (C=O) groups is 2. The van der Waals surface area contributed by atoms with E-state index < -0.39 is 0 Å². The number of nitrogens with zero attached hydrogens (tertiary/aromatic N) is 3. The fraction of sp³-hybridized carbons (Fsp3) is 0.579. The third-order valence-corrected chi connectivity index (χ3v) is 5.06. The molecule has 6 nitrogen and oxygen atoms in total. The molecule has 2 aliphatic rings. The number of methoxy groups -OCH3 is 1. The maximum Gasteiger partial charge on any atom is 0.246 e. The summed E-state index contributed by atoms with van der Waals surface area (Å²) in [5.74, 6) is 0.638. The van der Waals surface area contributed by atoms with Crippen LogP contribution in [-0.2, 0) is 9.59 Å². The summed E-state index contributed by atoms with van der Waals surface area (Å²) >= 11 is 0. The summed E-state index contributed by atoms with van der Waals surface area (Å²) in [6.07, 6.45) is 2.44. The van der Waals surface area contributed by atoms with Crippen molar-refractivity contribution >= 4 is 17.5 Å². The average Bonchev–Trinajstić information content (AvgIpc) is 3.14. The molecule has 0 aromatic heterocycles. The Hall–Kier alpha value is -2.08. The zero-order chi connectivity index (χ0) is 17.8. The summed E-state index contributed by atoms with van der Waals surface area (Å²) < 4.78 is 5.35. The van der Waals surface area contributed by atoms with Crippen LogP contribution in [-0.4, -0.2) is 68.0 Å². The van der Waals surface area contributed by atoms with Crippen molar-refractivity contribution in [2.75, 3.05) is 51.3 Å². The summed E-state index contributed by atoms with van der Waals surface area (Å²) in [7, 11) is 1.60. The van der Waals surface area contributed by atoms with E-state index in [1.807, 2.05) is 31.2 Å². The topological polar surface area (TPSA) is 53.1 Å². The third-order valence-electron chi connectivity index (χ3n) is 5.06. The summed E-state index contributed by atoms with van der Waals surface area (Å²) in [4.78, 5) is 31.1. The molecule has 136 valence electrons. The number of amides is 2. The van der Waals surface area contributed by atoms with E-state index in [4.69, 9.17) is 4.74 Å². The van der Waals surface area contributed by atoms with E-state index in [1.165, 1.54) is 12.8 Å². The molecule has 3 rings (SSSR count). The molecule has 6 heteroatoms. The minimum atomic E-state index is -0.0660. The van der Waals surface area contributed by atoms with Crippen molar-refractivity contribution in [3.8, 4) is 5.75 Å². The highest BCUT2D eigenvalue weighted by atomic mass is 16.5. The molecule has 2 fully saturated rings. The van der Waals surface area contributed by atoms with E-state index in [-0.39, 0.29) is 24.3 Å². The van der Waals surface area contributed by atoms with E-state index in [1.54, 1.807) is 16.9 Å². The fourth-order valence-electron chi connectivity index (χ4n) is 3.71. The molecule has 2 saturated heterocycles. The summed E-state index contributed by atoms with van der Waals surface area (Å²) in [6.45, 7) is 6.13. The minimum absolute atomic E-state index is 0.0579. The molecule has 0 spiro atoms. The van der Waals surface area contributed by atoms with Gasteiger partial charge in [-0.25, -0.2) is 0 Å². The van der Waals surface area contributed by atoms with E-state index in [9.17, 15) is 9.59 Å². The van der Waals surface area contributed by atoms with Gasteiger partial charge in [0.15, 0.2) is 0 Å². The van der Waals surface area contributed by atoms with Crippen LogP contribution in [0.5, 0.6) is 5.75 Å². The average molecular weight is 345 g/mol. The number of hydrogen-bond donors (Lipinski definition) is 0. The van der Waals surface area contributed by atoms with Crippen LogP contribution in [0.15, 0.2) is 24.3 Å². The highest BCUT2D eigenvalue weighted by Crippen LogP contribution is 2.29. The van der Waals surface area contributed by atoms with Crippen LogP contribution in [0.2, 0.25) is 0 Å². The lowest BCUT2D eigenvalue weighted by atomic mass is 10.1. The zero-order valence-electron chi connectivity index (χ0n) is 15.1. The number of para-hydroxylation sites is 2. The predicted molar refractivity (Wildman–Crippen MR) is 96.8 cm³/mol. The molecule has 1 aromatic rings. The molecular weight excluding hydrogens is 318 g/mol. The molecule has 0 aliphatic carbocycles. The van der Waals surface area contributed by atoms with Crippen LogP contribution in [0, 0.1) is 5.92 Å². The van der Waals surface area contributed by atoms with Crippen molar-refractivity contribution in [1.82, 2.24) is 9.80 Å². The first-order chi connectivity index (χ1) is 12.1. The van der Waals surface area contributed by atoms with Crippen LogP contribution in [0.25, 0.3) is 0 Å². The van der Waals surface area contributed by atoms with Crippen molar-refractivity contribution in [2.24, 2.45) is 5.92 Å². The Balaban J connectivity index is 1.61. The second-order valence-electron chi connectivity index (χ2n) is 6.89. The monoisotopic (exact) mass is 345 g/mol. The van der Waals surface area contributed by atoms with Crippen LogP contribution in [0.1, 0.15) is 19.8 Å². The van der Waals surface area contributed by atoms with Crippen LogP contribution in [0.4, 0.5) is 5.69 Å². The minimum Gasteiger partial charge on any atom is -0.495 e. The first-order valence-electron chi connectivity index (χ1n) is 9.04. The normalized spacial score (nSPS) is 20.0. The highest BCUT2D eigenvalue weighted by molar-refractivity contribution is 5.99. The lowest BCUT2D eigenvalue weighted by Gasteiger charge is -2.36. The van der Waals surface area contributed by atoms with Crippen molar-refractivity contribution < 1.29 is 14.3 Å². The van der Waals surface area contributed by atoms with Gasteiger partial charge in [-0.2, -0.15) is 0 Å². The smallest absolute Gasteiger partial charge is 0.246 e. The number of anilines is 1. The zero-order valence-corrected chi connectivity index (χ0v) is 15.1. The van der Waals surface area contributed by atoms with E-state index in [0.29, 0.717) is 18.8 Å². The molecule has 2 aliphatic heterocycles. The third kappa shape index (κ3) is 3.95. The number of benzene rings is 1. The number of piperazine rings is 1. The molecule has 25 heavy (non-hydrogen) atoms. The largest absolute Gasteiger partial charge is 0.495 e. The predicted octanol–water partition coefficient (Wildman–Crippen LogP) is 1.60. The molecule has 0 radical (unpaired) electrons. The Morgan fingerprint density at radius 1 is 1.16 bits per heavy atom. The quantitative estimate of drug-likeness (QED) is 0.813. The first-order valence-corrected chi connectivity index (χ1v) is 9.04. The first kappa shape index (κ1) is 17.7. The van der Waals surface area contributed by atoms with Gasteiger partial charge in [0.2, 0.25) is 11.8 Å². The van der Waals surface area contributed by atoms with Crippen LogP contribution >= 0.6 is 0 Å². The van der Waals surface area contributed by atoms with E-state index in [0.717, 1.165) is 25.3 Å². The Bertz CT molecular complexity index is 628. The van der Waals surface area contributed by atoms with Gasteiger partial charge in [0.1, 0.15) is 12.3 Å². The molecule has 1 aromatic carbocycles. The number of rotatable bonds is 5. The molecule has 0 bridgehead atoms. The second kappa shape index (κ2) is 7.87. The van der Waals surface area contributed by atoms with Gasteiger partial charge < -0.3 is 19.4 Å². The Kier molecular flexibility index (Phi) is 5.58. The van der Waals surface area contributed by atoms with Gasteiger partial charge in [-0.1, -0.05) is 19.1 Å². The van der Waals surface area contributed by atoms with E-state index >= 15 is 0 Å². The van der Waals surface area contributed by atoms with Gasteiger partial charge in [0, 0.05) is 25.6 Å². The Morgan fingerprint density at radius 2 is 1.88 bits per heavy atom. The summed E-state index contributed by atoms with van der Waals surface area (Å²) in [5.41, 5.74) is 0.771. The van der Waals surface area contributed by atoms with E-state index in [2.05, 4.69) is 4.90 Å². The molecule has 0 N–H and O–H groups in total. The second-order valence-corrected chi connectivity index (χ2v) is 6.89. The molecule has 2 heterocycles. The number of ether oxygens (including phenoxy) is 1. The number of carbonyl (C=O) groups excluding carboxylic acids is 2. The van der Waals surface area contributed by atoms with Crippen molar-refractivity contribution in [3.05, 3.63) is 24.3 Å². The lowest BCUT2D eigenvalue weighted by molar-refractivity contribution is -0.140. The van der Waals surface area contributed by atoms with Gasteiger partial charge in [0.05, 0.1) is 12.8 Å². The van der Waals surface area contributed by atoms with Crippen LogP contribution in [0.3, 0.4) is 0 Å². The molecule has 0 unspecified atom stereocenters. The summed E-state index contributed by atoms with van der Waals surface area (Å²) in [5, 5.41) is 0. The molecule has 2 amide bonds. The molecule has 1 atom stereocenters. The van der Waals surface area contributed by atoms with Crippen molar-refractivity contribution in [2.45, 2.75) is 19.8 Å². The Labute approximate surface area is 149 Å². The van der Waals surface area contributed by atoms with Gasteiger partial charge >= 0.3 is 0 Å². The van der Waals surface area contributed by atoms with Crippen LogP contribution < -0.4 is 9.64 Å². The van der Waals surface area contributed by atoms with Gasteiger partial charge in [0.25, 0.3) is 0 Å². The lowest BCUT2D eigenvalue weighted by Crippen LogP contribution is -2.54. The highest BCUT2D eigenvalue weighted by Gasteiger charge is 2.32. The number of likely N-dealkylation sites (tertiary alicyclic amines) is 1. The fourth-order valence-corrected chi connectivity index (χ4v) is 3.71. The standard InChI is InChI=1S/C19H27N3O3/c1-15(13-20-9-5-6-10-20)19(24)21-11-12-22(18(23)14-21)16-7-3-4-8-17(16)25-2/h3-4,7-8,15H,5-6,9-14H2,1-2H3/t15-/m1/s1. The van der Waals surface area contributed by atoms with Gasteiger partial charge in [-0.05, 0) is 38.1 Å². The SMILES string of the molecule is COc1ccccc1N1CCN(C(=O)[C@H](C)CN2CCCC2)CC1=O.